The van der Waals surface area contributed by atoms with Crippen LogP contribution in [0, 0.1) is 28.6 Å². The van der Waals surface area contributed by atoms with Crippen molar-refractivity contribution in [3.8, 4) is 0 Å². The summed E-state index contributed by atoms with van der Waals surface area (Å²) in [5.74, 6) is 2.52. The van der Waals surface area contributed by atoms with Crippen LogP contribution in [-0.2, 0) is 0 Å². The highest BCUT2D eigenvalue weighted by atomic mass is 79.9. The smallest absolute Gasteiger partial charge is 0.121 e. The second-order valence-electron chi connectivity index (χ2n) is 8.13. The highest BCUT2D eigenvalue weighted by molar-refractivity contribution is 9.09. The van der Waals surface area contributed by atoms with E-state index < -0.39 is 5.01 Å². The molecule has 0 aromatic rings. The summed E-state index contributed by atoms with van der Waals surface area (Å²) in [4.78, 5) is 0. The van der Waals surface area contributed by atoms with E-state index in [2.05, 4.69) is 41.1 Å². The van der Waals surface area contributed by atoms with Crippen LogP contribution in [0.3, 0.4) is 0 Å². The van der Waals surface area contributed by atoms with E-state index in [1.54, 1.807) is 0 Å². The molecule has 0 amide bonds. The Kier molecular flexibility index (Phi) is 3.43. The molecule has 0 bridgehead atoms. The molecular formula is C19H27BrO. The number of fused-ring (bicyclic) bond motifs is 5. The van der Waals surface area contributed by atoms with Gasteiger partial charge in [-0.15, -0.1) is 0 Å². The normalized spacial score (nSPS) is 49.9. The van der Waals surface area contributed by atoms with Crippen LogP contribution in [0.5, 0.6) is 0 Å². The number of rotatable bonds is 1. The van der Waals surface area contributed by atoms with Gasteiger partial charge in [0, 0.05) is 5.41 Å². The number of allylic oxidation sites excluding steroid dienone is 2. The first-order chi connectivity index (χ1) is 10.1. The lowest BCUT2D eigenvalue weighted by molar-refractivity contribution is -0.0549. The third-order valence-electron chi connectivity index (χ3n) is 7.51. The lowest BCUT2D eigenvalue weighted by atomic mass is 9.46. The standard InChI is InChI=1S/C19H27BrO/c1-18-10-3-2-5-13(18)7-8-14-15(18)9-12-19(17(20)21)11-4-6-16(14)19/h4,6,11,13-15,17,21H,2-3,5,7-10,12H2,1H3/t13?,14-,15+,17?,18+,19-/m1/s1. The van der Waals surface area contributed by atoms with Gasteiger partial charge in [-0.25, -0.2) is 0 Å². The van der Waals surface area contributed by atoms with Gasteiger partial charge in [0.05, 0.1) is 0 Å². The minimum Gasteiger partial charge on any atom is -0.381 e. The van der Waals surface area contributed by atoms with Crippen LogP contribution in [0.4, 0.5) is 0 Å². The summed E-state index contributed by atoms with van der Waals surface area (Å²) in [7, 11) is 0. The molecule has 4 aliphatic rings. The van der Waals surface area contributed by atoms with Crippen molar-refractivity contribution < 1.29 is 5.11 Å². The van der Waals surface area contributed by atoms with Crippen molar-refractivity contribution in [3.05, 3.63) is 23.8 Å². The monoisotopic (exact) mass is 350 g/mol. The van der Waals surface area contributed by atoms with Crippen molar-refractivity contribution in [3.63, 3.8) is 0 Å². The molecule has 0 radical (unpaired) electrons. The lowest BCUT2D eigenvalue weighted by Crippen LogP contribution is -2.51. The number of halogens is 1. The Bertz CT molecular complexity index is 494. The number of hydrogen-bond donors (Lipinski definition) is 1. The van der Waals surface area contributed by atoms with Crippen molar-refractivity contribution in [1.82, 2.24) is 0 Å². The summed E-state index contributed by atoms with van der Waals surface area (Å²) in [6, 6.07) is 0. The van der Waals surface area contributed by atoms with Gasteiger partial charge < -0.3 is 5.11 Å². The quantitative estimate of drug-likeness (QED) is 0.644. The predicted molar refractivity (Wildman–Crippen MR) is 90.1 cm³/mol. The van der Waals surface area contributed by atoms with Gasteiger partial charge in [0.1, 0.15) is 5.01 Å². The molecule has 2 unspecified atom stereocenters. The first-order valence-corrected chi connectivity index (χ1v) is 9.71. The fraction of sp³-hybridized carbons (Fsp3) is 0.789. The third-order valence-corrected chi connectivity index (χ3v) is 8.33. The van der Waals surface area contributed by atoms with Crippen molar-refractivity contribution in [2.24, 2.45) is 28.6 Å². The van der Waals surface area contributed by atoms with Crippen LogP contribution < -0.4 is 0 Å². The van der Waals surface area contributed by atoms with Crippen LogP contribution in [-0.4, -0.2) is 10.1 Å². The topological polar surface area (TPSA) is 20.2 Å². The Morgan fingerprint density at radius 3 is 2.86 bits per heavy atom. The Labute approximate surface area is 137 Å². The number of hydrogen-bond acceptors (Lipinski definition) is 1. The average molecular weight is 351 g/mol. The molecule has 3 fully saturated rings. The SMILES string of the molecule is C[C@]12CCCCC1CC[C@H]1C3=CC=C[C@@]3(C(O)Br)CC[C@@H]12. The molecule has 0 aromatic carbocycles. The first kappa shape index (κ1) is 14.5. The molecule has 2 heteroatoms. The molecule has 3 saturated carbocycles. The predicted octanol–water partition coefficient (Wildman–Crippen LogP) is 5.20. The zero-order valence-electron chi connectivity index (χ0n) is 13.0. The number of aliphatic hydroxyl groups is 1. The lowest BCUT2D eigenvalue weighted by Gasteiger charge is -2.59. The Balaban J connectivity index is 1.69. The van der Waals surface area contributed by atoms with Gasteiger partial charge in [-0.05, 0) is 61.7 Å². The van der Waals surface area contributed by atoms with Crippen molar-refractivity contribution in [1.29, 1.82) is 0 Å². The van der Waals surface area contributed by atoms with Gasteiger partial charge in [0.2, 0.25) is 0 Å². The van der Waals surface area contributed by atoms with Gasteiger partial charge in [-0.2, -0.15) is 0 Å². The van der Waals surface area contributed by atoms with E-state index in [0.29, 0.717) is 11.3 Å². The maximum Gasteiger partial charge on any atom is 0.121 e. The third kappa shape index (κ3) is 1.91. The van der Waals surface area contributed by atoms with Crippen molar-refractivity contribution >= 4 is 15.9 Å². The summed E-state index contributed by atoms with van der Waals surface area (Å²) in [5, 5.41) is 9.93. The molecule has 21 heavy (non-hydrogen) atoms. The molecule has 0 saturated heterocycles. The van der Waals surface area contributed by atoms with Gasteiger partial charge >= 0.3 is 0 Å². The number of aliphatic hydroxyl groups excluding tert-OH is 1. The molecule has 0 aliphatic heterocycles. The summed E-state index contributed by atoms with van der Waals surface area (Å²) in [5.41, 5.74) is 2.00. The molecule has 0 heterocycles. The maximum absolute atomic E-state index is 10.3. The fourth-order valence-electron chi connectivity index (χ4n) is 6.34. The minimum absolute atomic E-state index is 0.0982. The molecule has 4 aliphatic carbocycles. The summed E-state index contributed by atoms with van der Waals surface area (Å²) >= 11 is 3.50. The molecule has 0 spiro atoms. The first-order valence-electron chi connectivity index (χ1n) is 8.80. The van der Waals surface area contributed by atoms with Crippen molar-refractivity contribution in [2.75, 3.05) is 0 Å². The summed E-state index contributed by atoms with van der Waals surface area (Å²) < 4.78 is 0. The zero-order valence-corrected chi connectivity index (χ0v) is 14.6. The van der Waals surface area contributed by atoms with E-state index in [1.165, 1.54) is 50.5 Å². The van der Waals surface area contributed by atoms with E-state index in [4.69, 9.17) is 0 Å². The molecular weight excluding hydrogens is 324 g/mol. The van der Waals surface area contributed by atoms with Gasteiger partial charge in [0.25, 0.3) is 0 Å². The molecule has 6 atom stereocenters. The molecule has 0 aromatic heterocycles. The molecule has 1 N–H and O–H groups in total. The Hall–Kier alpha value is -0.0800. The second-order valence-corrected chi connectivity index (χ2v) is 9.00. The summed E-state index contributed by atoms with van der Waals surface area (Å²) in [6.45, 7) is 2.59. The maximum atomic E-state index is 10.3. The fourth-order valence-corrected chi connectivity index (χ4v) is 6.98. The number of alkyl halides is 1. The van der Waals surface area contributed by atoms with E-state index in [9.17, 15) is 5.11 Å². The van der Waals surface area contributed by atoms with E-state index in [1.807, 2.05) is 0 Å². The van der Waals surface area contributed by atoms with Crippen LogP contribution in [0.25, 0.3) is 0 Å². The Morgan fingerprint density at radius 2 is 2.05 bits per heavy atom. The van der Waals surface area contributed by atoms with Crippen LogP contribution in [0.1, 0.15) is 58.3 Å². The van der Waals surface area contributed by atoms with E-state index in [0.717, 1.165) is 18.3 Å². The zero-order chi connectivity index (χ0) is 14.7. The second kappa shape index (κ2) is 4.96. The summed E-state index contributed by atoms with van der Waals surface area (Å²) in [6.07, 6.45) is 17.7. The molecule has 4 rings (SSSR count). The van der Waals surface area contributed by atoms with Crippen LogP contribution in [0.2, 0.25) is 0 Å². The van der Waals surface area contributed by atoms with Gasteiger partial charge in [0.15, 0.2) is 0 Å². The average Bonchev–Trinajstić information content (AvgIpc) is 2.92. The van der Waals surface area contributed by atoms with Gasteiger partial charge in [-0.3, -0.25) is 0 Å². The molecule has 1 nitrogen and oxygen atoms in total. The van der Waals surface area contributed by atoms with Crippen molar-refractivity contribution in [2.45, 2.75) is 63.3 Å². The Morgan fingerprint density at radius 1 is 1.19 bits per heavy atom. The van der Waals surface area contributed by atoms with E-state index >= 15 is 0 Å². The highest BCUT2D eigenvalue weighted by Gasteiger charge is 2.56. The van der Waals surface area contributed by atoms with Gasteiger partial charge in [-0.1, -0.05) is 59.5 Å². The highest BCUT2D eigenvalue weighted by Crippen LogP contribution is 2.64. The minimum atomic E-state index is -0.423. The van der Waals surface area contributed by atoms with Crippen LogP contribution in [0.15, 0.2) is 23.8 Å². The largest absolute Gasteiger partial charge is 0.381 e. The molecule has 116 valence electrons. The van der Waals surface area contributed by atoms with Crippen LogP contribution >= 0.6 is 15.9 Å². The van der Waals surface area contributed by atoms with E-state index in [-0.39, 0.29) is 5.41 Å².